The van der Waals surface area contributed by atoms with Crippen molar-refractivity contribution >= 4 is 11.7 Å². The first-order valence-corrected chi connectivity index (χ1v) is 12.3. The van der Waals surface area contributed by atoms with E-state index < -0.39 is 0 Å². The number of carbonyl (C=O) groups excluding carboxylic acids is 1. The van der Waals surface area contributed by atoms with Crippen LogP contribution in [0.4, 0.5) is 10.5 Å². The zero-order chi connectivity index (χ0) is 24.1. The molecule has 2 amide bonds. The molecule has 2 heterocycles. The first-order chi connectivity index (χ1) is 17.2. The van der Waals surface area contributed by atoms with Gasteiger partial charge < -0.3 is 25.0 Å². The number of carbonyl (C=O) groups is 1. The van der Waals surface area contributed by atoms with Crippen molar-refractivity contribution in [1.29, 1.82) is 0 Å². The molecule has 3 aromatic rings. The maximum absolute atomic E-state index is 12.5. The minimum Gasteiger partial charge on any atom is -0.491 e. The Hall–Kier alpha value is -3.42. The number of urea groups is 1. The predicted molar refractivity (Wildman–Crippen MR) is 138 cm³/mol. The molecule has 0 aliphatic carbocycles. The number of hydrogen-bond donors (Lipinski definition) is 2. The maximum Gasteiger partial charge on any atom is 0.319 e. The molecule has 0 bridgehead atoms. The number of hydrogen-bond acceptors (Lipinski definition) is 5. The number of likely N-dealkylation sites (tertiary alicyclic amines) is 1. The van der Waals surface area contributed by atoms with Crippen molar-refractivity contribution in [2.75, 3.05) is 38.2 Å². The molecule has 1 aromatic heterocycles. The molecule has 1 aliphatic heterocycles. The van der Waals surface area contributed by atoms with Crippen molar-refractivity contribution in [1.82, 2.24) is 15.2 Å². The lowest BCUT2D eigenvalue weighted by Crippen LogP contribution is -2.46. The Kier molecular flexibility index (Phi) is 9.50. The summed E-state index contributed by atoms with van der Waals surface area (Å²) in [6.07, 6.45) is 6.64. The van der Waals surface area contributed by atoms with Gasteiger partial charge in [-0.05, 0) is 66.8 Å². The van der Waals surface area contributed by atoms with Crippen LogP contribution in [0.25, 0.3) is 0 Å². The van der Waals surface area contributed by atoms with Crippen LogP contribution in [0.2, 0.25) is 0 Å². The Morgan fingerprint density at radius 3 is 2.54 bits per heavy atom. The van der Waals surface area contributed by atoms with Crippen LogP contribution in [0.3, 0.4) is 0 Å². The SMILES string of the molecule is O=C(Nc1cccc(COCCOc2ccccc2)c1)NC1CCN(CCc2ccncc2)CC1. The molecule has 1 fully saturated rings. The van der Waals surface area contributed by atoms with E-state index in [2.05, 4.69) is 32.7 Å². The van der Waals surface area contributed by atoms with E-state index in [1.165, 1.54) is 5.56 Å². The van der Waals surface area contributed by atoms with Crippen LogP contribution < -0.4 is 15.4 Å². The molecule has 0 unspecified atom stereocenters. The molecule has 2 aromatic carbocycles. The van der Waals surface area contributed by atoms with Crippen LogP contribution >= 0.6 is 0 Å². The fourth-order valence-corrected chi connectivity index (χ4v) is 4.15. The molecule has 35 heavy (non-hydrogen) atoms. The molecule has 0 atom stereocenters. The van der Waals surface area contributed by atoms with Gasteiger partial charge >= 0.3 is 6.03 Å². The number of aromatic nitrogens is 1. The lowest BCUT2D eigenvalue weighted by molar-refractivity contribution is 0.0889. The second kappa shape index (κ2) is 13.5. The molecule has 1 saturated heterocycles. The second-order valence-electron chi connectivity index (χ2n) is 8.73. The molecule has 0 radical (unpaired) electrons. The lowest BCUT2D eigenvalue weighted by atomic mass is 10.0. The topological polar surface area (TPSA) is 75.7 Å². The molecule has 184 valence electrons. The number of nitrogens with zero attached hydrogens (tertiary/aromatic N) is 2. The van der Waals surface area contributed by atoms with Crippen molar-refractivity contribution in [2.45, 2.75) is 31.9 Å². The number of amides is 2. The van der Waals surface area contributed by atoms with Crippen LogP contribution in [-0.4, -0.2) is 54.8 Å². The van der Waals surface area contributed by atoms with Gasteiger partial charge in [-0.2, -0.15) is 0 Å². The van der Waals surface area contributed by atoms with Crippen LogP contribution in [0, 0.1) is 0 Å². The third-order valence-corrected chi connectivity index (χ3v) is 6.08. The molecular weight excluding hydrogens is 440 g/mol. The van der Waals surface area contributed by atoms with E-state index >= 15 is 0 Å². The highest BCUT2D eigenvalue weighted by molar-refractivity contribution is 5.89. The fraction of sp³-hybridized carbons (Fsp3) is 0.357. The molecule has 0 saturated carbocycles. The number of pyridine rings is 1. The van der Waals surface area contributed by atoms with Gasteiger partial charge in [0.25, 0.3) is 0 Å². The van der Waals surface area contributed by atoms with E-state index in [9.17, 15) is 4.79 Å². The van der Waals surface area contributed by atoms with Gasteiger partial charge in [-0.15, -0.1) is 0 Å². The summed E-state index contributed by atoms with van der Waals surface area (Å²) < 4.78 is 11.4. The van der Waals surface area contributed by atoms with Gasteiger partial charge in [-0.25, -0.2) is 4.79 Å². The normalized spacial score (nSPS) is 14.4. The van der Waals surface area contributed by atoms with E-state index in [1.807, 2.05) is 67.0 Å². The van der Waals surface area contributed by atoms with Gasteiger partial charge in [0.2, 0.25) is 0 Å². The molecule has 7 heteroatoms. The van der Waals surface area contributed by atoms with Crippen LogP contribution in [-0.2, 0) is 17.8 Å². The highest BCUT2D eigenvalue weighted by Crippen LogP contribution is 2.14. The summed E-state index contributed by atoms with van der Waals surface area (Å²) in [4.78, 5) is 19.1. The Balaban J connectivity index is 1.11. The first-order valence-electron chi connectivity index (χ1n) is 12.3. The van der Waals surface area contributed by atoms with E-state index in [4.69, 9.17) is 9.47 Å². The van der Waals surface area contributed by atoms with Gasteiger partial charge in [0.1, 0.15) is 12.4 Å². The highest BCUT2D eigenvalue weighted by atomic mass is 16.5. The number of benzene rings is 2. The third kappa shape index (κ3) is 8.70. The van der Waals surface area contributed by atoms with Crippen molar-refractivity contribution in [3.05, 3.63) is 90.3 Å². The third-order valence-electron chi connectivity index (χ3n) is 6.08. The summed E-state index contributed by atoms with van der Waals surface area (Å²) in [6, 6.07) is 21.6. The molecule has 4 rings (SSSR count). The summed E-state index contributed by atoms with van der Waals surface area (Å²) in [5, 5.41) is 6.08. The summed E-state index contributed by atoms with van der Waals surface area (Å²) >= 11 is 0. The molecule has 0 spiro atoms. The monoisotopic (exact) mass is 474 g/mol. The summed E-state index contributed by atoms with van der Waals surface area (Å²) in [6.45, 7) is 4.48. The lowest BCUT2D eigenvalue weighted by Gasteiger charge is -2.32. The average Bonchev–Trinajstić information content (AvgIpc) is 2.89. The summed E-state index contributed by atoms with van der Waals surface area (Å²) in [5.41, 5.74) is 3.08. The number of para-hydroxylation sites is 1. The Bertz CT molecular complexity index is 1020. The number of ether oxygens (including phenoxy) is 2. The van der Waals surface area contributed by atoms with Gasteiger partial charge in [0.05, 0.1) is 13.2 Å². The Morgan fingerprint density at radius 2 is 1.74 bits per heavy atom. The van der Waals surface area contributed by atoms with E-state index in [1.54, 1.807) is 0 Å². The van der Waals surface area contributed by atoms with Crippen molar-refractivity contribution in [3.8, 4) is 5.75 Å². The van der Waals surface area contributed by atoms with E-state index in [0.717, 1.165) is 55.9 Å². The molecule has 7 nitrogen and oxygen atoms in total. The average molecular weight is 475 g/mol. The number of nitrogens with one attached hydrogen (secondary N) is 2. The van der Waals surface area contributed by atoms with E-state index in [-0.39, 0.29) is 12.1 Å². The second-order valence-corrected chi connectivity index (χ2v) is 8.73. The number of rotatable bonds is 11. The fourth-order valence-electron chi connectivity index (χ4n) is 4.15. The highest BCUT2D eigenvalue weighted by Gasteiger charge is 2.20. The van der Waals surface area contributed by atoms with Crippen LogP contribution in [0.15, 0.2) is 79.1 Å². The summed E-state index contributed by atoms with van der Waals surface area (Å²) in [5.74, 6) is 0.837. The largest absolute Gasteiger partial charge is 0.491 e. The van der Waals surface area contributed by atoms with E-state index in [0.29, 0.717) is 19.8 Å². The van der Waals surface area contributed by atoms with Gasteiger partial charge in [0, 0.05) is 43.8 Å². The Morgan fingerprint density at radius 1 is 0.943 bits per heavy atom. The molecule has 2 N–H and O–H groups in total. The number of anilines is 1. The van der Waals surface area contributed by atoms with Gasteiger partial charge in [0.15, 0.2) is 0 Å². The zero-order valence-electron chi connectivity index (χ0n) is 20.1. The minimum absolute atomic E-state index is 0.158. The maximum atomic E-state index is 12.5. The van der Waals surface area contributed by atoms with Gasteiger partial charge in [-0.1, -0.05) is 30.3 Å². The predicted octanol–water partition coefficient (Wildman–Crippen LogP) is 4.51. The van der Waals surface area contributed by atoms with Gasteiger partial charge in [-0.3, -0.25) is 4.98 Å². The molecular formula is C28H34N4O3. The van der Waals surface area contributed by atoms with Crippen LogP contribution in [0.1, 0.15) is 24.0 Å². The van der Waals surface area contributed by atoms with Crippen molar-refractivity contribution < 1.29 is 14.3 Å². The van der Waals surface area contributed by atoms with Crippen molar-refractivity contribution in [2.24, 2.45) is 0 Å². The van der Waals surface area contributed by atoms with Crippen LogP contribution in [0.5, 0.6) is 5.75 Å². The number of piperidine rings is 1. The summed E-state index contributed by atoms with van der Waals surface area (Å²) in [7, 11) is 0. The zero-order valence-corrected chi connectivity index (χ0v) is 20.1. The minimum atomic E-state index is -0.158. The Labute approximate surface area is 207 Å². The quantitative estimate of drug-likeness (QED) is 0.400. The standard InChI is InChI=1S/C28H34N4O3/c33-28(30-25-12-17-32(18-13-25)16-11-23-9-14-29-15-10-23)31-26-6-4-5-24(21-26)22-34-19-20-35-27-7-2-1-3-8-27/h1-10,14-15,21,25H,11-13,16-20,22H2,(H2,30,31,33). The first kappa shape index (κ1) is 24.7. The smallest absolute Gasteiger partial charge is 0.319 e. The molecule has 1 aliphatic rings. The van der Waals surface area contributed by atoms with Crippen molar-refractivity contribution in [3.63, 3.8) is 0 Å².